The van der Waals surface area contributed by atoms with Gasteiger partial charge in [-0.3, -0.25) is 9.48 Å². The Bertz CT molecular complexity index is 570. The molecule has 0 fully saturated rings. The van der Waals surface area contributed by atoms with E-state index in [0.29, 0.717) is 10.8 Å². The first-order valence-corrected chi connectivity index (χ1v) is 7.08. The summed E-state index contributed by atoms with van der Waals surface area (Å²) in [6.45, 7) is 4.26. The van der Waals surface area contributed by atoms with Crippen LogP contribution in [-0.4, -0.2) is 33.3 Å². The fraction of sp³-hybridized carbons (Fsp3) is 0.357. The first-order chi connectivity index (χ1) is 10.1. The molecule has 7 heteroatoms. The molecule has 6 nitrogen and oxygen atoms in total. The Hall–Kier alpha value is -1.92. The lowest BCUT2D eigenvalue weighted by atomic mass is 10.2. The zero-order valence-electron chi connectivity index (χ0n) is 12.0. The molecule has 2 aromatic rings. The first kappa shape index (κ1) is 15.5. The number of pyridine rings is 1. The van der Waals surface area contributed by atoms with Crippen molar-refractivity contribution in [2.45, 2.75) is 25.9 Å². The summed E-state index contributed by atoms with van der Waals surface area (Å²) in [6, 6.07) is 5.48. The van der Waals surface area contributed by atoms with Crippen LogP contribution in [0.5, 0.6) is 0 Å². The van der Waals surface area contributed by atoms with Gasteiger partial charge in [-0.05, 0) is 32.0 Å². The van der Waals surface area contributed by atoms with Crippen LogP contribution in [0.2, 0.25) is 5.02 Å². The molecule has 0 bridgehead atoms. The van der Waals surface area contributed by atoms with Gasteiger partial charge in [0, 0.05) is 24.6 Å². The third-order valence-electron chi connectivity index (χ3n) is 3.25. The van der Waals surface area contributed by atoms with Gasteiger partial charge in [-0.1, -0.05) is 11.6 Å². The van der Waals surface area contributed by atoms with E-state index in [2.05, 4.69) is 20.7 Å². The van der Waals surface area contributed by atoms with Crippen LogP contribution in [0.1, 0.15) is 19.9 Å². The van der Waals surface area contributed by atoms with E-state index >= 15 is 0 Å². The maximum Gasteiger partial charge on any atom is 0.239 e. The molecule has 2 rings (SSSR count). The van der Waals surface area contributed by atoms with Gasteiger partial charge >= 0.3 is 0 Å². The van der Waals surface area contributed by atoms with E-state index < -0.39 is 0 Å². The molecule has 2 atom stereocenters. The summed E-state index contributed by atoms with van der Waals surface area (Å²) in [5, 5.41) is 10.6. The number of hydrogen-bond acceptors (Lipinski definition) is 4. The van der Waals surface area contributed by atoms with E-state index in [1.807, 2.05) is 30.8 Å². The largest absolute Gasteiger partial charge is 0.310 e. The predicted molar refractivity (Wildman–Crippen MR) is 82.3 cm³/mol. The summed E-state index contributed by atoms with van der Waals surface area (Å²) in [5.41, 5.74) is 0. The fourth-order valence-electron chi connectivity index (χ4n) is 1.81. The monoisotopic (exact) mass is 307 g/mol. The summed E-state index contributed by atoms with van der Waals surface area (Å²) >= 11 is 5.74. The standard InChI is InChI=1S/C14H18ClN5O/c1-10(11(2)20-7-3-6-18-20)16-9-14(21)19-13-5-4-12(15)8-17-13/h3-8,10-11,16H,9H2,1-2H3,(H,17,19,21)/t10-,11-/m1/s1. The van der Waals surface area contributed by atoms with Gasteiger partial charge in [0.15, 0.2) is 0 Å². The fourth-order valence-corrected chi connectivity index (χ4v) is 1.92. The number of amides is 1. The molecule has 21 heavy (non-hydrogen) atoms. The van der Waals surface area contributed by atoms with Crippen LogP contribution in [-0.2, 0) is 4.79 Å². The number of carbonyl (C=O) groups is 1. The lowest BCUT2D eigenvalue weighted by Crippen LogP contribution is -2.39. The second-order valence-corrected chi connectivity index (χ2v) is 5.24. The molecule has 0 saturated heterocycles. The molecule has 0 saturated carbocycles. The van der Waals surface area contributed by atoms with Gasteiger partial charge in [0.25, 0.3) is 0 Å². The van der Waals surface area contributed by atoms with Crippen molar-refractivity contribution in [1.82, 2.24) is 20.1 Å². The zero-order valence-corrected chi connectivity index (χ0v) is 12.7. The van der Waals surface area contributed by atoms with Crippen LogP contribution in [0.15, 0.2) is 36.8 Å². The van der Waals surface area contributed by atoms with Crippen molar-refractivity contribution < 1.29 is 4.79 Å². The highest BCUT2D eigenvalue weighted by Crippen LogP contribution is 2.10. The molecule has 2 heterocycles. The Balaban J connectivity index is 1.79. The molecule has 0 unspecified atom stereocenters. The Kier molecular flexibility index (Phi) is 5.30. The maximum absolute atomic E-state index is 11.8. The van der Waals surface area contributed by atoms with Crippen molar-refractivity contribution in [2.24, 2.45) is 0 Å². The van der Waals surface area contributed by atoms with Gasteiger partial charge in [0.1, 0.15) is 5.82 Å². The highest BCUT2D eigenvalue weighted by atomic mass is 35.5. The maximum atomic E-state index is 11.8. The predicted octanol–water partition coefficient (Wildman–Crippen LogP) is 2.11. The van der Waals surface area contributed by atoms with Gasteiger partial charge in [-0.25, -0.2) is 4.98 Å². The minimum Gasteiger partial charge on any atom is -0.310 e. The number of nitrogens with zero attached hydrogens (tertiary/aromatic N) is 3. The highest BCUT2D eigenvalue weighted by Gasteiger charge is 2.14. The van der Waals surface area contributed by atoms with Crippen LogP contribution < -0.4 is 10.6 Å². The van der Waals surface area contributed by atoms with Crippen molar-refractivity contribution in [3.05, 3.63) is 41.8 Å². The average Bonchev–Trinajstić information content (AvgIpc) is 3.00. The molecule has 0 aliphatic heterocycles. The summed E-state index contributed by atoms with van der Waals surface area (Å²) in [6.07, 6.45) is 5.13. The average molecular weight is 308 g/mol. The summed E-state index contributed by atoms with van der Waals surface area (Å²) in [7, 11) is 0. The molecule has 0 aliphatic carbocycles. The van der Waals surface area contributed by atoms with Gasteiger partial charge in [0.2, 0.25) is 5.91 Å². The normalized spacial score (nSPS) is 13.7. The van der Waals surface area contributed by atoms with Crippen LogP contribution >= 0.6 is 11.6 Å². The number of halogens is 1. The minimum absolute atomic E-state index is 0.105. The van der Waals surface area contributed by atoms with E-state index in [1.165, 1.54) is 6.20 Å². The Morgan fingerprint density at radius 1 is 1.43 bits per heavy atom. The molecule has 2 aromatic heterocycles. The third kappa shape index (κ3) is 4.54. The number of carbonyl (C=O) groups excluding carboxylic acids is 1. The van der Waals surface area contributed by atoms with Crippen LogP contribution in [0, 0.1) is 0 Å². The topological polar surface area (TPSA) is 71.8 Å². The highest BCUT2D eigenvalue weighted by molar-refractivity contribution is 6.30. The van der Waals surface area contributed by atoms with E-state index in [1.54, 1.807) is 18.3 Å². The van der Waals surface area contributed by atoms with E-state index in [9.17, 15) is 4.79 Å². The van der Waals surface area contributed by atoms with E-state index in [-0.39, 0.29) is 24.5 Å². The second-order valence-electron chi connectivity index (χ2n) is 4.81. The van der Waals surface area contributed by atoms with E-state index in [0.717, 1.165) is 0 Å². The number of aromatic nitrogens is 3. The molecule has 0 aliphatic rings. The van der Waals surface area contributed by atoms with Crippen LogP contribution in [0.25, 0.3) is 0 Å². The zero-order chi connectivity index (χ0) is 15.2. The van der Waals surface area contributed by atoms with Gasteiger partial charge in [-0.15, -0.1) is 0 Å². The lowest BCUT2D eigenvalue weighted by Gasteiger charge is -2.21. The van der Waals surface area contributed by atoms with Crippen molar-refractivity contribution in [2.75, 3.05) is 11.9 Å². The van der Waals surface area contributed by atoms with Crippen molar-refractivity contribution in [1.29, 1.82) is 0 Å². The number of anilines is 1. The molecule has 2 N–H and O–H groups in total. The Labute approximate surface area is 128 Å². The van der Waals surface area contributed by atoms with Gasteiger partial charge in [-0.2, -0.15) is 5.10 Å². The third-order valence-corrected chi connectivity index (χ3v) is 3.47. The molecule has 0 aromatic carbocycles. The van der Waals surface area contributed by atoms with Crippen LogP contribution in [0.3, 0.4) is 0 Å². The molecule has 1 amide bonds. The molecule has 0 radical (unpaired) electrons. The summed E-state index contributed by atoms with van der Waals surface area (Å²) < 4.78 is 1.86. The van der Waals surface area contributed by atoms with Crippen molar-refractivity contribution >= 4 is 23.3 Å². The lowest BCUT2D eigenvalue weighted by molar-refractivity contribution is -0.115. The molecule has 112 valence electrons. The Morgan fingerprint density at radius 2 is 2.24 bits per heavy atom. The Morgan fingerprint density at radius 3 is 2.86 bits per heavy atom. The van der Waals surface area contributed by atoms with Crippen LogP contribution in [0.4, 0.5) is 5.82 Å². The smallest absolute Gasteiger partial charge is 0.239 e. The second kappa shape index (κ2) is 7.19. The minimum atomic E-state index is -0.149. The van der Waals surface area contributed by atoms with Gasteiger partial charge < -0.3 is 10.6 Å². The van der Waals surface area contributed by atoms with Crippen molar-refractivity contribution in [3.63, 3.8) is 0 Å². The number of hydrogen-bond donors (Lipinski definition) is 2. The quantitative estimate of drug-likeness (QED) is 0.857. The number of nitrogens with one attached hydrogen (secondary N) is 2. The first-order valence-electron chi connectivity index (χ1n) is 6.70. The van der Waals surface area contributed by atoms with Gasteiger partial charge in [0.05, 0.1) is 17.6 Å². The molecular formula is C14H18ClN5O. The molecular weight excluding hydrogens is 290 g/mol. The summed E-state index contributed by atoms with van der Waals surface area (Å²) in [4.78, 5) is 15.9. The molecule has 0 spiro atoms. The SMILES string of the molecule is C[C@H]([C@@H](C)NCC(=O)Nc1ccc(Cl)cn1)n1cccn1. The van der Waals surface area contributed by atoms with E-state index in [4.69, 9.17) is 11.6 Å². The number of rotatable bonds is 6. The van der Waals surface area contributed by atoms with Crippen molar-refractivity contribution in [3.8, 4) is 0 Å². The summed E-state index contributed by atoms with van der Waals surface area (Å²) in [5.74, 6) is 0.336.